The molecule has 0 aliphatic carbocycles. The van der Waals surface area contributed by atoms with Crippen molar-refractivity contribution in [3.8, 4) is 17.2 Å². The van der Waals surface area contributed by atoms with E-state index in [0.717, 1.165) is 18.5 Å². The van der Waals surface area contributed by atoms with E-state index in [0.29, 0.717) is 40.3 Å². The van der Waals surface area contributed by atoms with Crippen LogP contribution in [0.25, 0.3) is 5.69 Å². The van der Waals surface area contributed by atoms with Crippen LogP contribution in [0.5, 0.6) is 11.5 Å². The summed E-state index contributed by atoms with van der Waals surface area (Å²) in [4.78, 5) is 27.9. The average Bonchev–Trinajstić information content (AvgIpc) is 3.40. The largest absolute Gasteiger partial charge is 0.497 e. The maximum Gasteiger partial charge on any atom is 0.251 e. The Morgan fingerprint density at radius 1 is 0.949 bits per heavy atom. The number of para-hydroxylation sites is 1. The summed E-state index contributed by atoms with van der Waals surface area (Å²) >= 11 is 1.29. The highest BCUT2D eigenvalue weighted by Gasteiger charge is 2.25. The minimum atomic E-state index is -0.226. The van der Waals surface area contributed by atoms with E-state index in [9.17, 15) is 9.59 Å². The second kappa shape index (κ2) is 12.0. The van der Waals surface area contributed by atoms with Crippen molar-refractivity contribution in [2.24, 2.45) is 0 Å². The number of nitrogens with zero attached hydrogens (tertiary/aromatic N) is 4. The number of rotatable bonds is 9. The highest BCUT2D eigenvalue weighted by atomic mass is 32.2. The van der Waals surface area contributed by atoms with Gasteiger partial charge in [-0.05, 0) is 48.7 Å². The normalized spacial score (nSPS) is 12.5. The molecule has 4 aromatic rings. The molecule has 5 rings (SSSR count). The Kier molecular flexibility index (Phi) is 8.12. The van der Waals surface area contributed by atoms with Crippen LogP contribution in [0.2, 0.25) is 0 Å². The fourth-order valence-corrected chi connectivity index (χ4v) is 5.41. The number of methoxy groups -OCH3 is 2. The van der Waals surface area contributed by atoms with Gasteiger partial charge in [0.1, 0.15) is 11.5 Å². The zero-order valence-corrected chi connectivity index (χ0v) is 22.6. The lowest BCUT2D eigenvalue weighted by molar-refractivity contribution is -0.116. The molecule has 0 radical (unpaired) electrons. The van der Waals surface area contributed by atoms with Crippen molar-refractivity contribution in [3.05, 3.63) is 89.7 Å². The topological polar surface area (TPSA) is 98.6 Å². The van der Waals surface area contributed by atoms with Crippen molar-refractivity contribution in [1.29, 1.82) is 0 Å². The number of hydrogen-bond acceptors (Lipinski definition) is 7. The molecule has 200 valence electrons. The zero-order chi connectivity index (χ0) is 27.2. The fraction of sp³-hybridized carbons (Fsp3) is 0.241. The van der Waals surface area contributed by atoms with Crippen LogP contribution >= 0.6 is 11.8 Å². The van der Waals surface area contributed by atoms with E-state index < -0.39 is 0 Å². The highest BCUT2D eigenvalue weighted by Crippen LogP contribution is 2.33. The fourth-order valence-electron chi connectivity index (χ4n) is 4.57. The first kappa shape index (κ1) is 26.3. The zero-order valence-electron chi connectivity index (χ0n) is 21.8. The number of ether oxygens (including phenoxy) is 2. The number of aromatic nitrogens is 3. The van der Waals surface area contributed by atoms with Crippen LogP contribution in [-0.2, 0) is 17.8 Å². The molecule has 0 saturated heterocycles. The van der Waals surface area contributed by atoms with Crippen molar-refractivity contribution < 1.29 is 19.1 Å². The summed E-state index contributed by atoms with van der Waals surface area (Å²) in [5, 5.41) is 12.2. The summed E-state index contributed by atoms with van der Waals surface area (Å²) < 4.78 is 12.9. The molecule has 39 heavy (non-hydrogen) atoms. The molecule has 9 nitrogen and oxygen atoms in total. The summed E-state index contributed by atoms with van der Waals surface area (Å²) in [7, 11) is 3.17. The molecule has 2 heterocycles. The maximum absolute atomic E-state index is 13.3. The van der Waals surface area contributed by atoms with Crippen LogP contribution in [0.15, 0.2) is 78.0 Å². The third-order valence-corrected chi connectivity index (χ3v) is 7.42. The van der Waals surface area contributed by atoms with Crippen LogP contribution < -0.4 is 19.7 Å². The summed E-state index contributed by atoms with van der Waals surface area (Å²) in [6.45, 7) is 0.804. The predicted octanol–water partition coefficient (Wildman–Crippen LogP) is 4.29. The number of carbonyl (C=O) groups is 2. The summed E-state index contributed by atoms with van der Waals surface area (Å²) in [5.74, 6) is 1.63. The number of hydrogen-bond donors (Lipinski definition) is 1. The predicted molar refractivity (Wildman–Crippen MR) is 150 cm³/mol. The Hall–Kier alpha value is -4.31. The van der Waals surface area contributed by atoms with Gasteiger partial charge in [-0.25, -0.2) is 0 Å². The number of aryl methyl sites for hydroxylation is 1. The Morgan fingerprint density at radius 3 is 2.54 bits per heavy atom. The quantitative estimate of drug-likeness (QED) is 0.315. The van der Waals surface area contributed by atoms with Gasteiger partial charge in [-0.15, -0.1) is 10.2 Å². The number of amides is 2. The van der Waals surface area contributed by atoms with Gasteiger partial charge in [-0.1, -0.05) is 48.2 Å². The molecular formula is C29H29N5O4S. The molecule has 0 spiro atoms. The molecule has 0 bridgehead atoms. The van der Waals surface area contributed by atoms with Gasteiger partial charge in [-0.3, -0.25) is 14.2 Å². The van der Waals surface area contributed by atoms with Gasteiger partial charge in [0.05, 0.1) is 32.2 Å². The van der Waals surface area contributed by atoms with Gasteiger partial charge in [0.15, 0.2) is 11.0 Å². The molecule has 1 aromatic heterocycles. The lowest BCUT2D eigenvalue weighted by atomic mass is 10.0. The maximum atomic E-state index is 13.3. The highest BCUT2D eigenvalue weighted by molar-refractivity contribution is 7.99. The molecule has 1 aliphatic rings. The van der Waals surface area contributed by atoms with E-state index >= 15 is 0 Å². The van der Waals surface area contributed by atoms with Gasteiger partial charge in [-0.2, -0.15) is 0 Å². The van der Waals surface area contributed by atoms with Crippen LogP contribution in [0.3, 0.4) is 0 Å². The minimum Gasteiger partial charge on any atom is -0.497 e. The van der Waals surface area contributed by atoms with Crippen molar-refractivity contribution >= 4 is 29.3 Å². The Balaban J connectivity index is 1.42. The SMILES string of the molecule is COc1ccc(OC)c(-n2c(CNC(=O)c3ccccc3)nnc2SCC(=O)N2CCCc3ccccc32)c1. The van der Waals surface area contributed by atoms with Gasteiger partial charge < -0.3 is 19.7 Å². The molecule has 0 atom stereocenters. The van der Waals surface area contributed by atoms with E-state index in [4.69, 9.17) is 9.47 Å². The molecular weight excluding hydrogens is 514 g/mol. The second-order valence-electron chi connectivity index (χ2n) is 8.89. The smallest absolute Gasteiger partial charge is 0.251 e. The summed E-state index contributed by atoms with van der Waals surface area (Å²) in [6, 6.07) is 22.4. The first-order chi connectivity index (χ1) is 19.1. The number of fused-ring (bicyclic) bond motifs is 1. The minimum absolute atomic E-state index is 0.00163. The van der Waals surface area contributed by atoms with Crippen molar-refractivity contribution in [2.45, 2.75) is 24.5 Å². The standard InChI is InChI=1S/C29H29N5O4S/c1-37-22-14-15-25(38-2)24(17-22)34-26(18-30-28(36)21-10-4-3-5-11-21)31-32-29(34)39-19-27(35)33-16-8-12-20-9-6-7-13-23(20)33/h3-7,9-11,13-15,17H,8,12,16,18-19H2,1-2H3,(H,30,36). The van der Waals surface area contributed by atoms with Gasteiger partial charge in [0, 0.05) is 23.9 Å². The van der Waals surface area contributed by atoms with Crippen LogP contribution in [0.4, 0.5) is 5.69 Å². The van der Waals surface area contributed by atoms with Crippen LogP contribution in [0.1, 0.15) is 28.2 Å². The van der Waals surface area contributed by atoms with Crippen molar-refractivity contribution in [1.82, 2.24) is 20.1 Å². The van der Waals surface area contributed by atoms with E-state index in [-0.39, 0.29) is 24.1 Å². The lowest BCUT2D eigenvalue weighted by Gasteiger charge is -2.29. The van der Waals surface area contributed by atoms with E-state index in [2.05, 4.69) is 21.6 Å². The van der Waals surface area contributed by atoms with Gasteiger partial charge in [0.2, 0.25) is 5.91 Å². The van der Waals surface area contributed by atoms with E-state index in [1.54, 1.807) is 43.1 Å². The number of benzene rings is 3. The Labute approximate surface area is 231 Å². The molecule has 10 heteroatoms. The Bertz CT molecular complexity index is 1470. The third-order valence-electron chi connectivity index (χ3n) is 6.51. The number of carbonyl (C=O) groups excluding carboxylic acids is 2. The summed E-state index contributed by atoms with van der Waals surface area (Å²) in [6.07, 6.45) is 1.89. The van der Waals surface area contributed by atoms with Crippen LogP contribution in [0, 0.1) is 0 Å². The first-order valence-corrected chi connectivity index (χ1v) is 13.6. The number of nitrogens with one attached hydrogen (secondary N) is 1. The number of thioether (sulfide) groups is 1. The molecule has 0 fully saturated rings. The van der Waals surface area contributed by atoms with Gasteiger partial charge >= 0.3 is 0 Å². The van der Waals surface area contributed by atoms with Crippen LogP contribution in [-0.4, -0.2) is 53.1 Å². The third kappa shape index (κ3) is 5.75. The number of anilines is 1. The van der Waals surface area contributed by atoms with Crippen molar-refractivity contribution in [3.63, 3.8) is 0 Å². The summed E-state index contributed by atoms with van der Waals surface area (Å²) in [5.41, 5.74) is 3.34. The molecule has 0 unspecified atom stereocenters. The molecule has 1 N–H and O–H groups in total. The monoisotopic (exact) mass is 543 g/mol. The van der Waals surface area contributed by atoms with Gasteiger partial charge in [0.25, 0.3) is 5.91 Å². The van der Waals surface area contributed by atoms with E-state index in [1.165, 1.54) is 17.3 Å². The molecule has 2 amide bonds. The molecule has 1 aliphatic heterocycles. The average molecular weight is 544 g/mol. The molecule has 3 aromatic carbocycles. The molecule has 0 saturated carbocycles. The second-order valence-corrected chi connectivity index (χ2v) is 9.83. The van der Waals surface area contributed by atoms with E-state index in [1.807, 2.05) is 47.4 Å². The Morgan fingerprint density at radius 2 is 1.74 bits per heavy atom. The van der Waals surface area contributed by atoms with Crippen molar-refractivity contribution in [2.75, 3.05) is 31.4 Å². The lowest BCUT2D eigenvalue weighted by Crippen LogP contribution is -2.36. The first-order valence-electron chi connectivity index (χ1n) is 12.6.